The average molecular weight is 473 g/mol. The van der Waals surface area contributed by atoms with Crippen molar-refractivity contribution < 1.29 is 14.6 Å². The van der Waals surface area contributed by atoms with Crippen LogP contribution in [0.15, 0.2) is 12.2 Å². The van der Waals surface area contributed by atoms with E-state index in [4.69, 9.17) is 4.74 Å². The highest BCUT2D eigenvalue weighted by molar-refractivity contribution is 5.88. The second-order valence-electron chi connectivity index (χ2n) is 13.8. The molecule has 0 amide bonds. The van der Waals surface area contributed by atoms with E-state index in [0.717, 1.165) is 48.3 Å². The van der Waals surface area contributed by atoms with E-state index in [9.17, 15) is 9.90 Å². The lowest BCUT2D eigenvalue weighted by Crippen LogP contribution is -2.54. The zero-order valence-corrected chi connectivity index (χ0v) is 22.8. The van der Waals surface area contributed by atoms with Crippen molar-refractivity contribution >= 4 is 5.97 Å². The molecule has 0 aromatic carbocycles. The SMILES string of the molecule is C=C(CO)C(=O)O[C@@H]1CC[C@@]2(C)[C@H](CC[C@@H]3[C@@H]2CC[C@]2(C)[C@@H]([C@H](C)CCCC(C)C)CC[C@@H]32)C1. The number of ether oxygens (including phenoxy) is 1. The molecule has 4 rings (SSSR count). The Kier molecular flexibility index (Phi) is 7.92. The van der Waals surface area contributed by atoms with E-state index < -0.39 is 5.97 Å². The van der Waals surface area contributed by atoms with Gasteiger partial charge < -0.3 is 9.84 Å². The lowest BCUT2D eigenvalue weighted by Gasteiger charge is -2.61. The Morgan fingerprint density at radius 3 is 2.38 bits per heavy atom. The molecule has 0 aliphatic heterocycles. The van der Waals surface area contributed by atoms with Gasteiger partial charge in [-0.1, -0.05) is 60.5 Å². The van der Waals surface area contributed by atoms with Crippen LogP contribution in [0.2, 0.25) is 0 Å². The first kappa shape index (κ1) is 26.2. The van der Waals surface area contributed by atoms with Gasteiger partial charge in [-0.25, -0.2) is 4.79 Å². The van der Waals surface area contributed by atoms with Crippen LogP contribution in [-0.4, -0.2) is 23.8 Å². The molecule has 34 heavy (non-hydrogen) atoms. The molecule has 0 unspecified atom stereocenters. The third-order valence-corrected chi connectivity index (χ3v) is 11.6. The Labute approximate surface area is 209 Å². The van der Waals surface area contributed by atoms with Gasteiger partial charge in [-0.2, -0.15) is 0 Å². The maximum absolute atomic E-state index is 12.2. The van der Waals surface area contributed by atoms with E-state index in [0.29, 0.717) is 16.7 Å². The molecule has 0 spiro atoms. The molecule has 9 atom stereocenters. The summed E-state index contributed by atoms with van der Waals surface area (Å²) in [6.45, 7) is 15.9. The number of carbonyl (C=O) groups is 1. The van der Waals surface area contributed by atoms with E-state index in [-0.39, 0.29) is 18.3 Å². The molecule has 0 aromatic heterocycles. The first-order chi connectivity index (χ1) is 16.1. The first-order valence-electron chi connectivity index (χ1n) is 14.6. The van der Waals surface area contributed by atoms with Gasteiger partial charge in [-0.05, 0) is 110 Å². The molecule has 3 heteroatoms. The molecule has 1 N–H and O–H groups in total. The third-order valence-electron chi connectivity index (χ3n) is 11.6. The largest absolute Gasteiger partial charge is 0.459 e. The van der Waals surface area contributed by atoms with Crippen molar-refractivity contribution in [3.8, 4) is 0 Å². The van der Waals surface area contributed by atoms with Gasteiger partial charge in [0.05, 0.1) is 12.2 Å². The van der Waals surface area contributed by atoms with Crippen LogP contribution in [0.3, 0.4) is 0 Å². The second-order valence-corrected chi connectivity index (χ2v) is 13.8. The van der Waals surface area contributed by atoms with Gasteiger partial charge >= 0.3 is 5.97 Å². The molecule has 4 saturated carbocycles. The van der Waals surface area contributed by atoms with Crippen molar-refractivity contribution in [2.75, 3.05) is 6.61 Å². The van der Waals surface area contributed by atoms with Crippen molar-refractivity contribution in [1.82, 2.24) is 0 Å². The Bertz CT molecular complexity index is 743. The summed E-state index contributed by atoms with van der Waals surface area (Å²) in [4.78, 5) is 12.2. The highest BCUT2D eigenvalue weighted by atomic mass is 16.5. The van der Waals surface area contributed by atoms with Gasteiger partial charge in [0.25, 0.3) is 0 Å². The molecule has 0 saturated heterocycles. The third kappa shape index (κ3) is 4.76. The summed E-state index contributed by atoms with van der Waals surface area (Å²) in [6.07, 6.45) is 15.8. The summed E-state index contributed by atoms with van der Waals surface area (Å²) in [6, 6.07) is 0. The summed E-state index contributed by atoms with van der Waals surface area (Å²) < 4.78 is 5.75. The average Bonchev–Trinajstić information content (AvgIpc) is 3.15. The molecular weight excluding hydrogens is 420 g/mol. The Balaban J connectivity index is 1.40. The fraction of sp³-hybridized carbons (Fsp3) is 0.903. The minimum absolute atomic E-state index is 0.00170. The normalized spacial score (nSPS) is 42.4. The summed E-state index contributed by atoms with van der Waals surface area (Å²) >= 11 is 0. The molecule has 4 aliphatic rings. The smallest absolute Gasteiger partial charge is 0.336 e. The van der Waals surface area contributed by atoms with Gasteiger partial charge in [-0.3, -0.25) is 0 Å². The summed E-state index contributed by atoms with van der Waals surface area (Å²) in [5.74, 6) is 5.56. The fourth-order valence-corrected chi connectivity index (χ4v) is 9.65. The Morgan fingerprint density at radius 1 is 0.971 bits per heavy atom. The van der Waals surface area contributed by atoms with Crippen LogP contribution >= 0.6 is 0 Å². The van der Waals surface area contributed by atoms with Crippen LogP contribution in [0, 0.1) is 52.3 Å². The molecule has 3 nitrogen and oxygen atoms in total. The second kappa shape index (κ2) is 10.3. The number of aliphatic hydroxyl groups excluding tert-OH is 1. The standard InChI is InChI=1S/C31H52O3/c1-20(2)8-7-9-21(3)26-12-13-27-25-11-10-23-18-24(34-29(33)22(4)19-32)14-16-30(23,5)28(25)15-17-31(26,27)6/h20-21,23-28,32H,4,7-19H2,1-3,5-6H3/t21-,23-,24-,25+,26-,27+,28+,30+,31-/m1/s1. The van der Waals surface area contributed by atoms with E-state index in [1.807, 2.05) is 0 Å². The predicted molar refractivity (Wildman–Crippen MR) is 139 cm³/mol. The van der Waals surface area contributed by atoms with Gasteiger partial charge in [0.15, 0.2) is 0 Å². The summed E-state index contributed by atoms with van der Waals surface area (Å²) in [7, 11) is 0. The molecule has 0 aromatic rings. The van der Waals surface area contributed by atoms with Gasteiger partial charge in [0.2, 0.25) is 0 Å². The Hall–Kier alpha value is -0.830. The first-order valence-corrected chi connectivity index (χ1v) is 14.6. The number of esters is 1. The molecular formula is C31H52O3. The van der Waals surface area contributed by atoms with E-state index >= 15 is 0 Å². The van der Waals surface area contributed by atoms with Crippen LogP contribution in [0.5, 0.6) is 0 Å². The van der Waals surface area contributed by atoms with E-state index in [1.165, 1.54) is 64.2 Å². The number of aliphatic hydroxyl groups is 1. The number of hydrogen-bond acceptors (Lipinski definition) is 3. The van der Waals surface area contributed by atoms with Crippen LogP contribution in [0.25, 0.3) is 0 Å². The van der Waals surface area contributed by atoms with Gasteiger partial charge in [-0.15, -0.1) is 0 Å². The van der Waals surface area contributed by atoms with Crippen molar-refractivity contribution in [2.45, 2.75) is 118 Å². The Morgan fingerprint density at radius 2 is 1.68 bits per heavy atom. The minimum atomic E-state index is -0.405. The lowest BCUT2D eigenvalue weighted by atomic mass is 9.44. The van der Waals surface area contributed by atoms with Crippen LogP contribution in [0.1, 0.15) is 112 Å². The number of hydrogen-bond donors (Lipinski definition) is 1. The van der Waals surface area contributed by atoms with Crippen LogP contribution < -0.4 is 0 Å². The van der Waals surface area contributed by atoms with Crippen LogP contribution in [0.4, 0.5) is 0 Å². The number of rotatable bonds is 8. The topological polar surface area (TPSA) is 46.5 Å². The van der Waals surface area contributed by atoms with Crippen molar-refractivity contribution in [3.63, 3.8) is 0 Å². The summed E-state index contributed by atoms with van der Waals surface area (Å²) in [5, 5.41) is 9.20. The molecule has 4 aliphatic carbocycles. The van der Waals surface area contributed by atoms with E-state index in [2.05, 4.69) is 41.2 Å². The molecule has 4 fully saturated rings. The van der Waals surface area contributed by atoms with Crippen molar-refractivity contribution in [2.24, 2.45) is 52.3 Å². The zero-order chi connectivity index (χ0) is 24.7. The minimum Gasteiger partial charge on any atom is -0.459 e. The maximum atomic E-state index is 12.2. The van der Waals surface area contributed by atoms with Gasteiger partial charge in [0, 0.05) is 0 Å². The zero-order valence-electron chi connectivity index (χ0n) is 22.8. The monoisotopic (exact) mass is 472 g/mol. The van der Waals surface area contributed by atoms with Crippen molar-refractivity contribution in [1.29, 1.82) is 0 Å². The molecule has 0 radical (unpaired) electrons. The fourth-order valence-electron chi connectivity index (χ4n) is 9.65. The summed E-state index contributed by atoms with van der Waals surface area (Å²) in [5.41, 5.74) is 1.14. The quantitative estimate of drug-likeness (QED) is 0.293. The highest BCUT2D eigenvalue weighted by Crippen LogP contribution is 2.68. The lowest BCUT2D eigenvalue weighted by molar-refractivity contribution is -0.159. The molecule has 194 valence electrons. The number of carbonyl (C=O) groups excluding carboxylic acids is 1. The maximum Gasteiger partial charge on any atom is 0.336 e. The molecule has 0 heterocycles. The van der Waals surface area contributed by atoms with E-state index in [1.54, 1.807) is 0 Å². The predicted octanol–water partition coefficient (Wildman–Crippen LogP) is 7.57. The molecule has 0 bridgehead atoms. The van der Waals surface area contributed by atoms with Crippen LogP contribution in [-0.2, 0) is 9.53 Å². The van der Waals surface area contributed by atoms with Crippen molar-refractivity contribution in [3.05, 3.63) is 12.2 Å². The van der Waals surface area contributed by atoms with Gasteiger partial charge in [0.1, 0.15) is 6.10 Å². The number of fused-ring (bicyclic) bond motifs is 5. The highest BCUT2D eigenvalue weighted by Gasteiger charge is 2.60.